The van der Waals surface area contributed by atoms with Crippen LogP contribution in [-0.4, -0.2) is 41.6 Å². The number of anilines is 1. The van der Waals surface area contributed by atoms with Crippen molar-refractivity contribution in [2.75, 3.05) is 25.1 Å². The van der Waals surface area contributed by atoms with Crippen molar-refractivity contribution in [3.63, 3.8) is 0 Å². The van der Waals surface area contributed by atoms with Gasteiger partial charge in [0.15, 0.2) is 11.6 Å². The van der Waals surface area contributed by atoms with Gasteiger partial charge < -0.3 is 15.1 Å². The van der Waals surface area contributed by atoms with Crippen molar-refractivity contribution in [1.29, 1.82) is 0 Å². The van der Waals surface area contributed by atoms with E-state index in [4.69, 9.17) is 10.6 Å². The summed E-state index contributed by atoms with van der Waals surface area (Å²) in [4.78, 5) is 17.7. The van der Waals surface area contributed by atoms with Gasteiger partial charge in [-0.3, -0.25) is 4.79 Å². The molecule has 1 saturated heterocycles. The lowest BCUT2D eigenvalue weighted by atomic mass is 10.2. The Kier molecular flexibility index (Phi) is 4.86. The molecule has 1 aromatic rings. The van der Waals surface area contributed by atoms with Crippen molar-refractivity contribution < 1.29 is 13.9 Å². The zero-order valence-corrected chi connectivity index (χ0v) is 11.4. The van der Waals surface area contributed by atoms with Crippen molar-refractivity contribution in [2.45, 2.75) is 25.9 Å². The van der Waals surface area contributed by atoms with Gasteiger partial charge in [-0.25, -0.2) is 15.2 Å². The monoisotopic (exact) mass is 282 g/mol. The summed E-state index contributed by atoms with van der Waals surface area (Å²) in [5, 5.41) is 0. The maximum atomic E-state index is 14.0. The van der Waals surface area contributed by atoms with E-state index in [2.05, 4.69) is 10.4 Å². The zero-order chi connectivity index (χ0) is 14.5. The SMILES string of the molecule is CCN(CC1CCCO1)C(=O)c1ccnc(NN)c1F. The molecule has 1 amide bonds. The molecule has 20 heavy (non-hydrogen) atoms. The number of hydrogen-bond donors (Lipinski definition) is 2. The molecule has 0 bridgehead atoms. The highest BCUT2D eigenvalue weighted by Crippen LogP contribution is 2.18. The summed E-state index contributed by atoms with van der Waals surface area (Å²) >= 11 is 0. The molecule has 1 fully saturated rings. The van der Waals surface area contributed by atoms with Gasteiger partial charge in [-0.2, -0.15) is 0 Å². The second-order valence-corrected chi connectivity index (χ2v) is 4.64. The first-order valence-electron chi connectivity index (χ1n) is 6.69. The molecule has 0 aliphatic carbocycles. The van der Waals surface area contributed by atoms with Crippen LogP contribution in [0.4, 0.5) is 10.2 Å². The van der Waals surface area contributed by atoms with Crippen molar-refractivity contribution in [1.82, 2.24) is 9.88 Å². The molecule has 1 unspecified atom stereocenters. The van der Waals surface area contributed by atoms with E-state index in [1.165, 1.54) is 12.3 Å². The third-order valence-electron chi connectivity index (χ3n) is 3.37. The standard InChI is InChI=1S/C13H19FN4O2/c1-2-18(8-9-4-3-7-20-9)13(19)10-5-6-16-12(17-15)11(10)14/h5-6,9H,2-4,7-8,15H2,1H3,(H,16,17). The second-order valence-electron chi connectivity index (χ2n) is 4.64. The number of aromatic nitrogens is 1. The number of amides is 1. The molecule has 1 aliphatic rings. The summed E-state index contributed by atoms with van der Waals surface area (Å²) in [5.41, 5.74) is 2.10. The van der Waals surface area contributed by atoms with Crippen LogP contribution >= 0.6 is 0 Å². The minimum Gasteiger partial charge on any atom is -0.376 e. The molecule has 1 aliphatic heterocycles. The Bertz CT molecular complexity index is 477. The highest BCUT2D eigenvalue weighted by atomic mass is 19.1. The minimum absolute atomic E-state index is 0.0344. The fourth-order valence-corrected chi connectivity index (χ4v) is 2.27. The van der Waals surface area contributed by atoms with Gasteiger partial charge in [-0.1, -0.05) is 0 Å². The third-order valence-corrected chi connectivity index (χ3v) is 3.37. The Morgan fingerprint density at radius 3 is 3.10 bits per heavy atom. The molecule has 110 valence electrons. The predicted molar refractivity (Wildman–Crippen MR) is 72.6 cm³/mol. The van der Waals surface area contributed by atoms with Crippen LogP contribution in [0.5, 0.6) is 0 Å². The van der Waals surface area contributed by atoms with Crippen LogP contribution in [0.1, 0.15) is 30.1 Å². The number of carbonyl (C=O) groups is 1. The molecule has 3 N–H and O–H groups in total. The lowest BCUT2D eigenvalue weighted by Gasteiger charge is -2.24. The van der Waals surface area contributed by atoms with Gasteiger partial charge in [0.2, 0.25) is 0 Å². The molecule has 2 heterocycles. The topological polar surface area (TPSA) is 80.5 Å². The van der Waals surface area contributed by atoms with E-state index >= 15 is 0 Å². The number of nitrogens with zero attached hydrogens (tertiary/aromatic N) is 2. The molecule has 2 rings (SSSR count). The van der Waals surface area contributed by atoms with Gasteiger partial charge in [0.1, 0.15) is 0 Å². The Hall–Kier alpha value is -1.73. The maximum absolute atomic E-state index is 14.0. The fraction of sp³-hybridized carbons (Fsp3) is 0.538. The molecule has 0 saturated carbocycles. The quantitative estimate of drug-likeness (QED) is 0.625. The molecule has 0 aromatic carbocycles. The summed E-state index contributed by atoms with van der Waals surface area (Å²) in [7, 11) is 0. The van der Waals surface area contributed by atoms with Crippen LogP contribution in [0.15, 0.2) is 12.3 Å². The minimum atomic E-state index is -0.731. The van der Waals surface area contributed by atoms with Crippen molar-refractivity contribution in [2.24, 2.45) is 5.84 Å². The van der Waals surface area contributed by atoms with E-state index in [0.717, 1.165) is 19.4 Å². The Labute approximate surface area is 117 Å². The molecule has 6 nitrogen and oxygen atoms in total. The van der Waals surface area contributed by atoms with Gasteiger partial charge in [0, 0.05) is 25.9 Å². The van der Waals surface area contributed by atoms with Crippen LogP contribution in [0.3, 0.4) is 0 Å². The molecular weight excluding hydrogens is 263 g/mol. The second kappa shape index (κ2) is 6.62. The number of ether oxygens (including phenoxy) is 1. The fourth-order valence-electron chi connectivity index (χ4n) is 2.27. The van der Waals surface area contributed by atoms with Gasteiger partial charge in [-0.05, 0) is 25.8 Å². The van der Waals surface area contributed by atoms with Gasteiger partial charge >= 0.3 is 0 Å². The number of nitrogens with two attached hydrogens (primary N) is 1. The van der Waals surface area contributed by atoms with E-state index in [1.54, 1.807) is 4.90 Å². The first-order valence-corrected chi connectivity index (χ1v) is 6.69. The van der Waals surface area contributed by atoms with Gasteiger partial charge in [0.05, 0.1) is 11.7 Å². The number of hydrogen-bond acceptors (Lipinski definition) is 5. The summed E-state index contributed by atoms with van der Waals surface area (Å²) in [6.07, 6.45) is 3.32. The van der Waals surface area contributed by atoms with E-state index in [-0.39, 0.29) is 23.4 Å². The number of halogens is 1. The summed E-state index contributed by atoms with van der Waals surface area (Å²) in [5.74, 6) is 3.92. The lowest BCUT2D eigenvalue weighted by molar-refractivity contribution is 0.0535. The highest BCUT2D eigenvalue weighted by molar-refractivity contribution is 5.95. The highest BCUT2D eigenvalue weighted by Gasteiger charge is 2.25. The van der Waals surface area contributed by atoms with Crippen LogP contribution in [-0.2, 0) is 4.74 Å². The van der Waals surface area contributed by atoms with Gasteiger partial charge in [-0.15, -0.1) is 0 Å². The summed E-state index contributed by atoms with van der Waals surface area (Å²) in [6, 6.07) is 1.36. The number of pyridine rings is 1. The maximum Gasteiger partial charge on any atom is 0.257 e. The van der Waals surface area contributed by atoms with Crippen LogP contribution in [0.25, 0.3) is 0 Å². The third kappa shape index (κ3) is 3.05. The number of nitrogens with one attached hydrogen (secondary N) is 1. The Balaban J connectivity index is 2.15. The van der Waals surface area contributed by atoms with Crippen molar-refractivity contribution in [3.8, 4) is 0 Å². The molecule has 0 radical (unpaired) electrons. The van der Waals surface area contributed by atoms with Crippen molar-refractivity contribution in [3.05, 3.63) is 23.6 Å². The number of rotatable bonds is 5. The van der Waals surface area contributed by atoms with E-state index in [1.807, 2.05) is 6.92 Å². The smallest absolute Gasteiger partial charge is 0.257 e. The number of likely N-dealkylation sites (N-methyl/N-ethyl adjacent to an activating group) is 1. The number of hydrazine groups is 1. The predicted octanol–water partition coefficient (Wildman–Crippen LogP) is 1.15. The summed E-state index contributed by atoms with van der Waals surface area (Å²) in [6.45, 7) is 3.55. The van der Waals surface area contributed by atoms with Crippen LogP contribution < -0.4 is 11.3 Å². The van der Waals surface area contributed by atoms with E-state index in [9.17, 15) is 9.18 Å². The Morgan fingerprint density at radius 1 is 1.70 bits per heavy atom. The molecule has 1 aromatic heterocycles. The van der Waals surface area contributed by atoms with E-state index in [0.29, 0.717) is 13.1 Å². The number of carbonyl (C=O) groups excluding carboxylic acids is 1. The average molecular weight is 282 g/mol. The lowest BCUT2D eigenvalue weighted by Crippen LogP contribution is -2.37. The number of nitrogen functional groups attached to an aromatic ring is 1. The van der Waals surface area contributed by atoms with E-state index < -0.39 is 5.82 Å². The van der Waals surface area contributed by atoms with Crippen molar-refractivity contribution >= 4 is 11.7 Å². The first-order chi connectivity index (χ1) is 9.67. The first kappa shape index (κ1) is 14.7. The Morgan fingerprint density at radius 2 is 2.50 bits per heavy atom. The molecule has 1 atom stereocenters. The molecular formula is C13H19FN4O2. The zero-order valence-electron chi connectivity index (χ0n) is 11.4. The average Bonchev–Trinajstić information content (AvgIpc) is 2.97. The molecule has 7 heteroatoms. The van der Waals surface area contributed by atoms with Crippen LogP contribution in [0, 0.1) is 5.82 Å². The molecule has 0 spiro atoms. The largest absolute Gasteiger partial charge is 0.376 e. The van der Waals surface area contributed by atoms with Gasteiger partial charge in [0.25, 0.3) is 5.91 Å². The normalized spacial score (nSPS) is 18.1. The summed E-state index contributed by atoms with van der Waals surface area (Å²) < 4.78 is 19.6. The van der Waals surface area contributed by atoms with Crippen LogP contribution in [0.2, 0.25) is 0 Å².